The molecule has 100 valence electrons. The molecular formula is C13H21FN4. The van der Waals surface area contributed by atoms with Crippen LogP contribution < -0.4 is 10.6 Å². The molecule has 1 aliphatic heterocycles. The monoisotopic (exact) mass is 252 g/mol. The first kappa shape index (κ1) is 13.2. The van der Waals surface area contributed by atoms with E-state index in [1.54, 1.807) is 0 Å². The van der Waals surface area contributed by atoms with Gasteiger partial charge in [0.25, 0.3) is 0 Å². The standard InChI is InChI=1S/C13H21FN4/c1-3-11-12(14)13(17-8-16-11)18-6-4-10(5-7-18)9(2)15/h8-10H,3-7,15H2,1-2H3. The van der Waals surface area contributed by atoms with Crippen molar-refractivity contribution in [2.24, 2.45) is 11.7 Å². The smallest absolute Gasteiger partial charge is 0.187 e. The SMILES string of the molecule is CCc1ncnc(N2CCC(C(C)N)CC2)c1F. The first-order chi connectivity index (χ1) is 8.63. The molecule has 0 aromatic carbocycles. The van der Waals surface area contributed by atoms with Gasteiger partial charge in [0.05, 0.1) is 5.69 Å². The third-order valence-corrected chi connectivity index (χ3v) is 3.76. The maximum absolute atomic E-state index is 14.1. The van der Waals surface area contributed by atoms with Crippen molar-refractivity contribution in [1.29, 1.82) is 0 Å². The van der Waals surface area contributed by atoms with Crippen molar-refractivity contribution in [1.82, 2.24) is 9.97 Å². The lowest BCUT2D eigenvalue weighted by Crippen LogP contribution is -2.40. The number of aromatic nitrogens is 2. The third kappa shape index (κ3) is 2.61. The van der Waals surface area contributed by atoms with Gasteiger partial charge in [0, 0.05) is 19.1 Å². The average molecular weight is 252 g/mol. The molecule has 1 fully saturated rings. The highest BCUT2D eigenvalue weighted by Crippen LogP contribution is 2.25. The van der Waals surface area contributed by atoms with Crippen molar-refractivity contribution in [3.63, 3.8) is 0 Å². The van der Waals surface area contributed by atoms with Gasteiger partial charge < -0.3 is 10.6 Å². The number of anilines is 1. The van der Waals surface area contributed by atoms with Crippen LogP contribution in [0.2, 0.25) is 0 Å². The molecule has 1 aliphatic rings. The second kappa shape index (κ2) is 5.61. The molecule has 18 heavy (non-hydrogen) atoms. The van der Waals surface area contributed by atoms with Gasteiger partial charge in [-0.25, -0.2) is 14.4 Å². The Morgan fingerprint density at radius 3 is 2.67 bits per heavy atom. The van der Waals surface area contributed by atoms with E-state index in [-0.39, 0.29) is 11.9 Å². The Hall–Kier alpha value is -1.23. The Balaban J connectivity index is 2.10. The van der Waals surface area contributed by atoms with Gasteiger partial charge in [-0.1, -0.05) is 6.92 Å². The first-order valence-electron chi connectivity index (χ1n) is 6.63. The first-order valence-corrected chi connectivity index (χ1v) is 6.63. The molecule has 1 aromatic heterocycles. The lowest BCUT2D eigenvalue weighted by Gasteiger charge is -2.34. The number of rotatable bonds is 3. The molecule has 0 bridgehead atoms. The van der Waals surface area contributed by atoms with E-state index in [1.165, 1.54) is 6.33 Å². The minimum atomic E-state index is -0.265. The molecule has 2 heterocycles. The van der Waals surface area contributed by atoms with Gasteiger partial charge in [-0.2, -0.15) is 0 Å². The second-order valence-corrected chi connectivity index (χ2v) is 5.00. The molecule has 5 heteroatoms. The zero-order valence-corrected chi connectivity index (χ0v) is 11.1. The van der Waals surface area contributed by atoms with E-state index in [2.05, 4.69) is 9.97 Å². The maximum atomic E-state index is 14.1. The largest absolute Gasteiger partial charge is 0.354 e. The predicted molar refractivity (Wildman–Crippen MR) is 70.0 cm³/mol. The molecular weight excluding hydrogens is 231 g/mol. The van der Waals surface area contributed by atoms with Gasteiger partial charge in [-0.15, -0.1) is 0 Å². The summed E-state index contributed by atoms with van der Waals surface area (Å²) in [6.45, 7) is 5.59. The van der Waals surface area contributed by atoms with Gasteiger partial charge in [0.2, 0.25) is 0 Å². The lowest BCUT2D eigenvalue weighted by atomic mass is 9.91. The van der Waals surface area contributed by atoms with E-state index in [1.807, 2.05) is 18.7 Å². The fourth-order valence-electron chi connectivity index (χ4n) is 2.50. The third-order valence-electron chi connectivity index (χ3n) is 3.76. The number of piperidine rings is 1. The van der Waals surface area contributed by atoms with Crippen LogP contribution in [0.4, 0.5) is 10.2 Å². The van der Waals surface area contributed by atoms with Gasteiger partial charge in [0.15, 0.2) is 11.6 Å². The van der Waals surface area contributed by atoms with E-state index in [4.69, 9.17) is 5.73 Å². The highest BCUT2D eigenvalue weighted by atomic mass is 19.1. The topological polar surface area (TPSA) is 55.0 Å². The minimum Gasteiger partial charge on any atom is -0.354 e. The van der Waals surface area contributed by atoms with Crippen LogP contribution in [0, 0.1) is 11.7 Å². The fourth-order valence-corrected chi connectivity index (χ4v) is 2.50. The molecule has 1 unspecified atom stereocenters. The molecule has 1 atom stereocenters. The summed E-state index contributed by atoms with van der Waals surface area (Å²) in [5.41, 5.74) is 6.40. The van der Waals surface area contributed by atoms with Gasteiger partial charge in [0.1, 0.15) is 6.33 Å². The molecule has 0 spiro atoms. The number of hydrogen-bond donors (Lipinski definition) is 1. The quantitative estimate of drug-likeness (QED) is 0.890. The normalized spacial score (nSPS) is 19.0. The van der Waals surface area contributed by atoms with Crippen LogP contribution in [-0.4, -0.2) is 29.1 Å². The van der Waals surface area contributed by atoms with Crippen LogP contribution >= 0.6 is 0 Å². The molecule has 2 rings (SSSR count). The van der Waals surface area contributed by atoms with E-state index < -0.39 is 0 Å². The summed E-state index contributed by atoms with van der Waals surface area (Å²) >= 11 is 0. The number of nitrogens with two attached hydrogens (primary N) is 1. The summed E-state index contributed by atoms with van der Waals surface area (Å²) in [6, 6.07) is 0.216. The molecule has 0 amide bonds. The Kier molecular flexibility index (Phi) is 4.11. The van der Waals surface area contributed by atoms with Gasteiger partial charge in [-0.3, -0.25) is 0 Å². The van der Waals surface area contributed by atoms with Crippen LogP contribution in [-0.2, 0) is 6.42 Å². The molecule has 0 saturated carbocycles. The van der Waals surface area contributed by atoms with Gasteiger partial charge in [-0.05, 0) is 32.1 Å². The molecule has 4 nitrogen and oxygen atoms in total. The molecule has 0 aliphatic carbocycles. The summed E-state index contributed by atoms with van der Waals surface area (Å²) in [4.78, 5) is 10.1. The van der Waals surface area contributed by atoms with E-state index in [9.17, 15) is 4.39 Å². The average Bonchev–Trinajstić information content (AvgIpc) is 2.39. The molecule has 0 radical (unpaired) electrons. The minimum absolute atomic E-state index is 0.216. The molecule has 1 aromatic rings. The predicted octanol–water partition coefficient (Wildman–Crippen LogP) is 1.74. The van der Waals surface area contributed by atoms with Crippen LogP contribution in [0.1, 0.15) is 32.4 Å². The Labute approximate surface area is 107 Å². The van der Waals surface area contributed by atoms with E-state index >= 15 is 0 Å². The Bertz CT molecular complexity index is 400. The second-order valence-electron chi connectivity index (χ2n) is 5.00. The molecule has 1 saturated heterocycles. The van der Waals surface area contributed by atoms with Crippen LogP contribution in [0.25, 0.3) is 0 Å². The lowest BCUT2D eigenvalue weighted by molar-refractivity contribution is 0.351. The number of hydrogen-bond acceptors (Lipinski definition) is 4. The highest BCUT2D eigenvalue weighted by molar-refractivity contribution is 5.41. The fraction of sp³-hybridized carbons (Fsp3) is 0.692. The van der Waals surface area contributed by atoms with Crippen molar-refractivity contribution in [2.45, 2.75) is 39.2 Å². The summed E-state index contributed by atoms with van der Waals surface area (Å²) in [5.74, 6) is 0.723. The van der Waals surface area contributed by atoms with Gasteiger partial charge >= 0.3 is 0 Å². The maximum Gasteiger partial charge on any atom is 0.187 e. The van der Waals surface area contributed by atoms with Crippen molar-refractivity contribution in [3.05, 3.63) is 17.8 Å². The van der Waals surface area contributed by atoms with Crippen molar-refractivity contribution in [3.8, 4) is 0 Å². The molecule has 2 N–H and O–H groups in total. The zero-order chi connectivity index (χ0) is 13.1. The zero-order valence-electron chi connectivity index (χ0n) is 11.1. The summed E-state index contributed by atoms with van der Waals surface area (Å²) in [7, 11) is 0. The summed E-state index contributed by atoms with van der Waals surface area (Å²) < 4.78 is 14.1. The summed E-state index contributed by atoms with van der Waals surface area (Å²) in [6.07, 6.45) is 4.05. The van der Waals surface area contributed by atoms with E-state index in [0.29, 0.717) is 23.9 Å². The van der Waals surface area contributed by atoms with Crippen molar-refractivity contribution < 1.29 is 4.39 Å². The highest BCUT2D eigenvalue weighted by Gasteiger charge is 2.25. The Morgan fingerprint density at radius 1 is 1.44 bits per heavy atom. The van der Waals surface area contributed by atoms with Crippen molar-refractivity contribution >= 4 is 5.82 Å². The number of nitrogens with zero attached hydrogens (tertiary/aromatic N) is 3. The van der Waals surface area contributed by atoms with E-state index in [0.717, 1.165) is 25.9 Å². The number of halogens is 1. The van der Waals surface area contributed by atoms with Crippen molar-refractivity contribution in [2.75, 3.05) is 18.0 Å². The summed E-state index contributed by atoms with van der Waals surface area (Å²) in [5, 5.41) is 0. The number of aryl methyl sites for hydroxylation is 1. The van der Waals surface area contributed by atoms with Crippen LogP contribution in [0.5, 0.6) is 0 Å². The van der Waals surface area contributed by atoms with Crippen LogP contribution in [0.3, 0.4) is 0 Å². The Morgan fingerprint density at radius 2 is 2.11 bits per heavy atom. The van der Waals surface area contributed by atoms with Crippen LogP contribution in [0.15, 0.2) is 6.33 Å².